The molecule has 1 aromatic heterocycles. The number of carboxylic acids is 1. The van der Waals surface area contributed by atoms with Crippen molar-refractivity contribution in [1.29, 1.82) is 0 Å². The summed E-state index contributed by atoms with van der Waals surface area (Å²) in [6.45, 7) is 3.35. The number of hydrogen-bond acceptors (Lipinski definition) is 2. The third kappa shape index (κ3) is 2.09. The Morgan fingerprint density at radius 1 is 1.36 bits per heavy atom. The average Bonchev–Trinajstić information content (AvgIpc) is 2.88. The first-order valence-corrected chi connectivity index (χ1v) is 6.63. The van der Waals surface area contributed by atoms with Gasteiger partial charge in [0.1, 0.15) is 5.82 Å². The molecule has 0 fully saturated rings. The highest BCUT2D eigenvalue weighted by Crippen LogP contribution is 2.33. The third-order valence-electron chi connectivity index (χ3n) is 3.72. The summed E-state index contributed by atoms with van der Waals surface area (Å²) in [6, 6.07) is 4.05. The fourth-order valence-corrected chi connectivity index (χ4v) is 2.67. The molecule has 0 saturated carbocycles. The Bertz CT molecular complexity index is 849. The Hall–Kier alpha value is -2.89. The number of rotatable bonds is 2. The highest BCUT2D eigenvalue weighted by atomic mass is 19.1. The molecule has 0 saturated heterocycles. The normalized spacial score (nSPS) is 15.0. The lowest BCUT2D eigenvalue weighted by Gasteiger charge is -2.02. The standard InChI is InChI=1S/C16H13FN2O3/c1-8-6-19(9(2)14(8)16(21)22)7-12-11-5-10(17)3-4-13(11)18-15(12)20/h3-7H,1-2H3,(H,18,20)(H,21,22). The second-order valence-electron chi connectivity index (χ2n) is 5.17. The van der Waals surface area contributed by atoms with E-state index >= 15 is 0 Å². The van der Waals surface area contributed by atoms with Crippen molar-refractivity contribution < 1.29 is 19.1 Å². The molecule has 1 aliphatic rings. The molecular formula is C16H13FN2O3. The molecule has 0 spiro atoms. The zero-order chi connectivity index (χ0) is 16.0. The summed E-state index contributed by atoms with van der Waals surface area (Å²) in [7, 11) is 0. The number of aromatic nitrogens is 1. The first-order chi connectivity index (χ1) is 10.4. The number of aryl methyl sites for hydroxylation is 1. The fourth-order valence-electron chi connectivity index (χ4n) is 2.67. The number of nitrogens with zero attached hydrogens (tertiary/aromatic N) is 1. The van der Waals surface area contributed by atoms with Gasteiger partial charge in [0.15, 0.2) is 0 Å². The molecule has 6 heteroatoms. The lowest BCUT2D eigenvalue weighted by atomic mass is 10.1. The van der Waals surface area contributed by atoms with Crippen LogP contribution < -0.4 is 5.32 Å². The molecule has 1 amide bonds. The first-order valence-electron chi connectivity index (χ1n) is 6.63. The Labute approximate surface area is 125 Å². The van der Waals surface area contributed by atoms with Crippen LogP contribution in [-0.4, -0.2) is 21.6 Å². The van der Waals surface area contributed by atoms with E-state index in [1.165, 1.54) is 24.4 Å². The number of aromatic carboxylic acids is 1. The minimum Gasteiger partial charge on any atom is -0.478 e. The van der Waals surface area contributed by atoms with Crippen molar-refractivity contribution in [3.63, 3.8) is 0 Å². The van der Waals surface area contributed by atoms with Gasteiger partial charge in [0, 0.05) is 29.3 Å². The minimum atomic E-state index is -1.02. The van der Waals surface area contributed by atoms with Gasteiger partial charge in [0.25, 0.3) is 5.91 Å². The van der Waals surface area contributed by atoms with Crippen LogP contribution in [0.4, 0.5) is 10.1 Å². The SMILES string of the molecule is Cc1cn(C=C2C(=O)Nc3ccc(F)cc32)c(C)c1C(=O)O. The van der Waals surface area contributed by atoms with Gasteiger partial charge in [-0.05, 0) is 37.6 Å². The van der Waals surface area contributed by atoms with Crippen LogP contribution in [0.25, 0.3) is 11.8 Å². The lowest BCUT2D eigenvalue weighted by molar-refractivity contribution is -0.110. The number of halogens is 1. The number of anilines is 1. The summed E-state index contributed by atoms with van der Waals surface area (Å²) in [5.74, 6) is -1.80. The van der Waals surface area contributed by atoms with Crippen molar-refractivity contribution >= 4 is 29.3 Å². The second kappa shape index (κ2) is 4.84. The van der Waals surface area contributed by atoms with Gasteiger partial charge in [-0.1, -0.05) is 0 Å². The number of fused-ring (bicyclic) bond motifs is 1. The zero-order valence-corrected chi connectivity index (χ0v) is 12.0. The zero-order valence-electron chi connectivity index (χ0n) is 12.0. The van der Waals surface area contributed by atoms with Gasteiger partial charge in [-0.2, -0.15) is 0 Å². The molecule has 2 aromatic rings. The monoisotopic (exact) mass is 300 g/mol. The molecule has 0 radical (unpaired) electrons. The second-order valence-corrected chi connectivity index (χ2v) is 5.17. The highest BCUT2D eigenvalue weighted by Gasteiger charge is 2.25. The van der Waals surface area contributed by atoms with Crippen LogP contribution in [0.3, 0.4) is 0 Å². The van der Waals surface area contributed by atoms with E-state index in [0.29, 0.717) is 28.1 Å². The Balaban J connectivity index is 2.15. The number of carboxylic acid groups (broad SMARTS) is 1. The van der Waals surface area contributed by atoms with Gasteiger partial charge in [-0.15, -0.1) is 0 Å². The van der Waals surface area contributed by atoms with Crippen LogP contribution in [0.1, 0.15) is 27.2 Å². The van der Waals surface area contributed by atoms with Crippen LogP contribution in [-0.2, 0) is 4.79 Å². The molecule has 0 atom stereocenters. The molecule has 1 aliphatic heterocycles. The van der Waals surface area contributed by atoms with Crippen molar-refractivity contribution in [3.05, 3.63) is 52.6 Å². The van der Waals surface area contributed by atoms with Gasteiger partial charge in [-0.3, -0.25) is 4.79 Å². The van der Waals surface area contributed by atoms with E-state index in [0.717, 1.165) is 0 Å². The molecular weight excluding hydrogens is 287 g/mol. The van der Waals surface area contributed by atoms with Crippen LogP contribution in [0.15, 0.2) is 24.4 Å². The summed E-state index contributed by atoms with van der Waals surface area (Å²) in [5.41, 5.74) is 2.61. The molecule has 5 nitrogen and oxygen atoms in total. The summed E-state index contributed by atoms with van der Waals surface area (Å²) in [4.78, 5) is 23.3. The maximum absolute atomic E-state index is 13.4. The molecule has 2 heterocycles. The van der Waals surface area contributed by atoms with E-state index in [9.17, 15) is 19.1 Å². The molecule has 0 aliphatic carbocycles. The van der Waals surface area contributed by atoms with Crippen molar-refractivity contribution in [2.75, 3.05) is 5.32 Å². The van der Waals surface area contributed by atoms with E-state index in [4.69, 9.17) is 0 Å². The predicted octanol–water partition coefficient (Wildman–Crippen LogP) is 2.89. The molecule has 0 unspecified atom stereocenters. The molecule has 1 aromatic carbocycles. The molecule has 112 valence electrons. The number of amides is 1. The number of carbonyl (C=O) groups is 2. The van der Waals surface area contributed by atoms with Gasteiger partial charge in [0.05, 0.1) is 11.1 Å². The summed E-state index contributed by atoms with van der Waals surface area (Å²) in [5, 5.41) is 11.9. The van der Waals surface area contributed by atoms with E-state index in [-0.39, 0.29) is 11.5 Å². The summed E-state index contributed by atoms with van der Waals surface area (Å²) >= 11 is 0. The predicted molar refractivity (Wildman–Crippen MR) is 80.1 cm³/mol. The maximum atomic E-state index is 13.4. The highest BCUT2D eigenvalue weighted by molar-refractivity contribution is 6.34. The first kappa shape index (κ1) is 14.1. The maximum Gasteiger partial charge on any atom is 0.337 e. The van der Waals surface area contributed by atoms with Crippen LogP contribution in [0.2, 0.25) is 0 Å². The number of nitrogens with one attached hydrogen (secondary N) is 1. The smallest absolute Gasteiger partial charge is 0.337 e. The van der Waals surface area contributed by atoms with Crippen LogP contribution >= 0.6 is 0 Å². The number of carbonyl (C=O) groups excluding carboxylic acids is 1. The van der Waals surface area contributed by atoms with E-state index in [1.54, 1.807) is 24.6 Å². The third-order valence-corrected chi connectivity index (χ3v) is 3.72. The quantitative estimate of drug-likeness (QED) is 0.838. The van der Waals surface area contributed by atoms with Crippen molar-refractivity contribution in [2.24, 2.45) is 0 Å². The fraction of sp³-hybridized carbons (Fsp3) is 0.125. The Morgan fingerprint density at radius 3 is 2.73 bits per heavy atom. The average molecular weight is 300 g/mol. The van der Waals surface area contributed by atoms with Crippen molar-refractivity contribution in [2.45, 2.75) is 13.8 Å². The Kier molecular flexibility index (Phi) is 3.09. The van der Waals surface area contributed by atoms with Crippen LogP contribution in [0, 0.1) is 19.7 Å². The number of benzene rings is 1. The van der Waals surface area contributed by atoms with Gasteiger partial charge < -0.3 is 15.0 Å². The lowest BCUT2D eigenvalue weighted by Crippen LogP contribution is -2.05. The van der Waals surface area contributed by atoms with E-state index in [2.05, 4.69) is 5.32 Å². The van der Waals surface area contributed by atoms with Crippen LogP contribution in [0.5, 0.6) is 0 Å². The molecule has 3 rings (SSSR count). The largest absolute Gasteiger partial charge is 0.478 e. The van der Waals surface area contributed by atoms with E-state index in [1.807, 2.05) is 0 Å². The molecule has 0 bridgehead atoms. The van der Waals surface area contributed by atoms with Gasteiger partial charge in [-0.25, -0.2) is 9.18 Å². The number of hydrogen-bond donors (Lipinski definition) is 2. The van der Waals surface area contributed by atoms with Gasteiger partial charge in [0.2, 0.25) is 0 Å². The topological polar surface area (TPSA) is 71.3 Å². The summed E-state index contributed by atoms with van der Waals surface area (Å²) in [6.07, 6.45) is 3.16. The summed E-state index contributed by atoms with van der Waals surface area (Å²) < 4.78 is 15.0. The van der Waals surface area contributed by atoms with Crippen molar-refractivity contribution in [1.82, 2.24) is 4.57 Å². The Morgan fingerprint density at radius 2 is 2.09 bits per heavy atom. The van der Waals surface area contributed by atoms with Gasteiger partial charge >= 0.3 is 5.97 Å². The minimum absolute atomic E-state index is 0.203. The van der Waals surface area contributed by atoms with Crippen molar-refractivity contribution in [3.8, 4) is 0 Å². The molecule has 2 N–H and O–H groups in total. The molecule has 22 heavy (non-hydrogen) atoms. The van der Waals surface area contributed by atoms with E-state index < -0.39 is 11.8 Å².